The molecule has 0 bridgehead atoms. The van der Waals surface area contributed by atoms with E-state index in [1.54, 1.807) is 0 Å². The fourth-order valence-corrected chi connectivity index (χ4v) is 2.35. The standard InChI is InChI=1S/C18H22N2O2/c1-11-5-6-13(3)16(9-11)22-10-17(21)20-18-14(4)7-12(2)8-15(18)19/h5-9H,10,19H2,1-4H3,(H,20,21). The second kappa shape index (κ2) is 6.52. The van der Waals surface area contributed by atoms with Crippen molar-refractivity contribution in [2.75, 3.05) is 17.7 Å². The first-order chi connectivity index (χ1) is 10.4. The maximum absolute atomic E-state index is 12.1. The molecule has 0 fully saturated rings. The Bertz CT molecular complexity index is 685. The van der Waals surface area contributed by atoms with Gasteiger partial charge in [0.15, 0.2) is 6.61 Å². The van der Waals surface area contributed by atoms with Crippen molar-refractivity contribution in [3.8, 4) is 5.75 Å². The highest BCUT2D eigenvalue weighted by molar-refractivity contribution is 5.95. The number of nitrogen functional groups attached to an aromatic ring is 1. The minimum Gasteiger partial charge on any atom is -0.483 e. The molecule has 22 heavy (non-hydrogen) atoms. The molecule has 0 unspecified atom stereocenters. The van der Waals surface area contributed by atoms with E-state index in [2.05, 4.69) is 5.32 Å². The third-order valence-corrected chi connectivity index (χ3v) is 3.48. The molecule has 2 rings (SSSR count). The van der Waals surface area contributed by atoms with Crippen molar-refractivity contribution < 1.29 is 9.53 Å². The molecule has 3 N–H and O–H groups in total. The zero-order chi connectivity index (χ0) is 16.3. The summed E-state index contributed by atoms with van der Waals surface area (Å²) in [4.78, 5) is 12.1. The number of hydrogen-bond acceptors (Lipinski definition) is 3. The minimum absolute atomic E-state index is 0.0446. The first-order valence-corrected chi connectivity index (χ1v) is 7.23. The molecule has 0 spiro atoms. The molecule has 0 aromatic heterocycles. The molecule has 2 aromatic rings. The summed E-state index contributed by atoms with van der Waals surface area (Å²) in [6.07, 6.45) is 0. The Morgan fingerprint density at radius 2 is 1.77 bits per heavy atom. The monoisotopic (exact) mass is 298 g/mol. The van der Waals surface area contributed by atoms with Gasteiger partial charge in [-0.15, -0.1) is 0 Å². The fraction of sp³-hybridized carbons (Fsp3) is 0.278. The van der Waals surface area contributed by atoms with E-state index in [0.29, 0.717) is 11.4 Å². The predicted octanol–water partition coefficient (Wildman–Crippen LogP) is 3.52. The molecule has 0 heterocycles. The zero-order valence-corrected chi connectivity index (χ0v) is 13.5. The third kappa shape index (κ3) is 3.79. The summed E-state index contributed by atoms with van der Waals surface area (Å²) in [6, 6.07) is 9.74. The van der Waals surface area contributed by atoms with Crippen molar-refractivity contribution >= 4 is 17.3 Å². The van der Waals surface area contributed by atoms with Crippen LogP contribution in [0.4, 0.5) is 11.4 Å². The lowest BCUT2D eigenvalue weighted by Gasteiger charge is -2.14. The molecular weight excluding hydrogens is 276 g/mol. The highest BCUT2D eigenvalue weighted by Gasteiger charge is 2.10. The largest absolute Gasteiger partial charge is 0.483 e. The van der Waals surface area contributed by atoms with Crippen LogP contribution in [0.5, 0.6) is 5.75 Å². The van der Waals surface area contributed by atoms with Crippen LogP contribution < -0.4 is 15.8 Å². The average molecular weight is 298 g/mol. The average Bonchev–Trinajstić information content (AvgIpc) is 2.44. The number of nitrogens with two attached hydrogens (primary N) is 1. The number of anilines is 2. The van der Waals surface area contributed by atoms with E-state index in [1.807, 2.05) is 58.0 Å². The summed E-state index contributed by atoms with van der Waals surface area (Å²) in [6.45, 7) is 7.79. The van der Waals surface area contributed by atoms with Crippen LogP contribution in [0.3, 0.4) is 0 Å². The Balaban J connectivity index is 2.03. The van der Waals surface area contributed by atoms with Gasteiger partial charge in [-0.25, -0.2) is 0 Å². The second-order valence-corrected chi connectivity index (χ2v) is 5.65. The van der Waals surface area contributed by atoms with Crippen LogP contribution in [0.1, 0.15) is 22.3 Å². The van der Waals surface area contributed by atoms with E-state index in [9.17, 15) is 4.79 Å². The van der Waals surface area contributed by atoms with Gasteiger partial charge in [-0.3, -0.25) is 4.79 Å². The molecule has 1 amide bonds. The van der Waals surface area contributed by atoms with Gasteiger partial charge in [0.1, 0.15) is 5.75 Å². The smallest absolute Gasteiger partial charge is 0.262 e. The molecule has 0 atom stereocenters. The Morgan fingerprint density at radius 1 is 1.05 bits per heavy atom. The van der Waals surface area contributed by atoms with Crippen molar-refractivity contribution in [1.82, 2.24) is 0 Å². The first-order valence-electron chi connectivity index (χ1n) is 7.23. The number of aryl methyl sites for hydroxylation is 4. The molecule has 116 valence electrons. The van der Waals surface area contributed by atoms with Crippen LogP contribution in [0.15, 0.2) is 30.3 Å². The van der Waals surface area contributed by atoms with Gasteiger partial charge in [0.2, 0.25) is 0 Å². The number of nitrogens with one attached hydrogen (secondary N) is 1. The van der Waals surface area contributed by atoms with Crippen LogP contribution in [-0.2, 0) is 4.79 Å². The number of benzene rings is 2. The number of carbonyl (C=O) groups excluding carboxylic acids is 1. The van der Waals surface area contributed by atoms with Crippen LogP contribution >= 0.6 is 0 Å². The van der Waals surface area contributed by atoms with Crippen molar-refractivity contribution in [2.24, 2.45) is 0 Å². The predicted molar refractivity (Wildman–Crippen MR) is 90.4 cm³/mol. The summed E-state index contributed by atoms with van der Waals surface area (Å²) < 4.78 is 5.60. The van der Waals surface area contributed by atoms with Gasteiger partial charge in [-0.2, -0.15) is 0 Å². The first kappa shape index (κ1) is 15.9. The quantitative estimate of drug-likeness (QED) is 0.849. The Labute approximate surface area is 131 Å². The molecule has 0 radical (unpaired) electrons. The normalized spacial score (nSPS) is 10.4. The number of ether oxygens (including phenoxy) is 1. The van der Waals surface area contributed by atoms with Crippen molar-refractivity contribution in [1.29, 1.82) is 0 Å². The molecular formula is C18H22N2O2. The Kier molecular flexibility index (Phi) is 4.71. The molecule has 0 aliphatic rings. The highest BCUT2D eigenvalue weighted by atomic mass is 16.5. The van der Waals surface area contributed by atoms with Gasteiger partial charge in [-0.1, -0.05) is 18.2 Å². The third-order valence-electron chi connectivity index (χ3n) is 3.48. The molecule has 4 nitrogen and oxygen atoms in total. The van der Waals surface area contributed by atoms with E-state index in [0.717, 1.165) is 28.0 Å². The number of carbonyl (C=O) groups is 1. The lowest BCUT2D eigenvalue weighted by molar-refractivity contribution is -0.118. The minimum atomic E-state index is -0.223. The number of hydrogen-bond donors (Lipinski definition) is 2. The fourth-order valence-electron chi connectivity index (χ4n) is 2.35. The van der Waals surface area contributed by atoms with Crippen molar-refractivity contribution in [3.05, 3.63) is 52.6 Å². The van der Waals surface area contributed by atoms with Crippen LogP contribution in [0, 0.1) is 27.7 Å². The van der Waals surface area contributed by atoms with E-state index >= 15 is 0 Å². The molecule has 0 saturated carbocycles. The van der Waals surface area contributed by atoms with Gasteiger partial charge >= 0.3 is 0 Å². The molecule has 2 aromatic carbocycles. The van der Waals surface area contributed by atoms with Crippen LogP contribution in [-0.4, -0.2) is 12.5 Å². The second-order valence-electron chi connectivity index (χ2n) is 5.65. The Hall–Kier alpha value is -2.49. The number of rotatable bonds is 4. The van der Waals surface area contributed by atoms with Gasteiger partial charge < -0.3 is 15.8 Å². The SMILES string of the molecule is Cc1cc(C)c(NC(=O)COc2cc(C)ccc2C)c(N)c1. The molecule has 0 aliphatic carbocycles. The van der Waals surface area contributed by atoms with Gasteiger partial charge in [0.25, 0.3) is 5.91 Å². The van der Waals surface area contributed by atoms with E-state index in [-0.39, 0.29) is 12.5 Å². The van der Waals surface area contributed by atoms with Crippen molar-refractivity contribution in [3.63, 3.8) is 0 Å². The zero-order valence-electron chi connectivity index (χ0n) is 13.5. The van der Waals surface area contributed by atoms with E-state index in [4.69, 9.17) is 10.5 Å². The summed E-state index contributed by atoms with van der Waals surface area (Å²) in [7, 11) is 0. The lowest BCUT2D eigenvalue weighted by Crippen LogP contribution is -2.21. The summed E-state index contributed by atoms with van der Waals surface area (Å²) in [5, 5.41) is 2.82. The molecule has 4 heteroatoms. The lowest BCUT2D eigenvalue weighted by atomic mass is 10.1. The highest BCUT2D eigenvalue weighted by Crippen LogP contribution is 2.25. The van der Waals surface area contributed by atoms with Crippen LogP contribution in [0.2, 0.25) is 0 Å². The molecule has 0 aliphatic heterocycles. The maximum Gasteiger partial charge on any atom is 0.262 e. The maximum atomic E-state index is 12.1. The molecule has 0 saturated heterocycles. The number of amides is 1. The van der Waals surface area contributed by atoms with Crippen molar-refractivity contribution in [2.45, 2.75) is 27.7 Å². The summed E-state index contributed by atoms with van der Waals surface area (Å²) in [5.74, 6) is 0.503. The summed E-state index contributed by atoms with van der Waals surface area (Å²) >= 11 is 0. The van der Waals surface area contributed by atoms with E-state index < -0.39 is 0 Å². The van der Waals surface area contributed by atoms with Crippen LogP contribution in [0.25, 0.3) is 0 Å². The Morgan fingerprint density at radius 3 is 2.45 bits per heavy atom. The topological polar surface area (TPSA) is 64.3 Å². The van der Waals surface area contributed by atoms with Gasteiger partial charge in [0.05, 0.1) is 11.4 Å². The van der Waals surface area contributed by atoms with E-state index in [1.165, 1.54) is 0 Å². The van der Waals surface area contributed by atoms with Gasteiger partial charge in [-0.05, 0) is 62.1 Å². The van der Waals surface area contributed by atoms with Gasteiger partial charge in [0, 0.05) is 0 Å². The summed E-state index contributed by atoms with van der Waals surface area (Å²) in [5.41, 5.74) is 11.3.